The van der Waals surface area contributed by atoms with E-state index in [1.54, 1.807) is 4.90 Å². The topological polar surface area (TPSA) is 63.4 Å². The van der Waals surface area contributed by atoms with Crippen LogP contribution in [0.5, 0.6) is 0 Å². The molecule has 0 aromatic heterocycles. The fraction of sp³-hybridized carbons (Fsp3) is 0.875. The van der Waals surface area contributed by atoms with Crippen molar-refractivity contribution in [2.75, 3.05) is 24.6 Å². The summed E-state index contributed by atoms with van der Waals surface area (Å²) in [5.41, 5.74) is 5.62. The molecular formula is C8H16N2O2S. The molecule has 2 unspecified atom stereocenters. The third-order valence-corrected chi connectivity index (χ3v) is 3.44. The first-order valence-corrected chi connectivity index (χ1v) is 6.00. The van der Waals surface area contributed by atoms with Crippen LogP contribution in [-0.2, 0) is 15.6 Å². The second-order valence-electron chi connectivity index (χ2n) is 3.24. The number of carbonyl (C=O) groups is 1. The lowest BCUT2D eigenvalue weighted by Crippen LogP contribution is -2.31. The molecule has 2 N–H and O–H groups in total. The highest BCUT2D eigenvalue weighted by Gasteiger charge is 2.26. The molecule has 1 rings (SSSR count). The molecule has 2 atom stereocenters. The number of rotatable bonds is 4. The summed E-state index contributed by atoms with van der Waals surface area (Å²) in [6.07, 6.45) is 0.443. The lowest BCUT2D eigenvalue weighted by molar-refractivity contribution is -0.127. The van der Waals surface area contributed by atoms with Gasteiger partial charge in [0, 0.05) is 47.9 Å². The fourth-order valence-corrected chi connectivity index (χ4v) is 2.09. The van der Waals surface area contributed by atoms with E-state index in [1.807, 2.05) is 6.92 Å². The Morgan fingerprint density at radius 2 is 2.38 bits per heavy atom. The molecule has 76 valence electrons. The zero-order valence-corrected chi connectivity index (χ0v) is 8.68. The SMILES string of the molecule is CCS(=O)CCN1CC(N)CC1=O. The molecule has 1 fully saturated rings. The minimum atomic E-state index is -0.784. The van der Waals surface area contributed by atoms with Gasteiger partial charge < -0.3 is 10.6 Å². The van der Waals surface area contributed by atoms with Crippen LogP contribution in [0.4, 0.5) is 0 Å². The van der Waals surface area contributed by atoms with Crippen LogP contribution in [-0.4, -0.2) is 45.7 Å². The minimum Gasteiger partial charge on any atom is -0.340 e. The lowest BCUT2D eigenvalue weighted by Gasteiger charge is -2.14. The van der Waals surface area contributed by atoms with Gasteiger partial charge in [-0.05, 0) is 0 Å². The highest BCUT2D eigenvalue weighted by atomic mass is 32.2. The predicted octanol–water partition coefficient (Wildman–Crippen LogP) is -0.685. The molecule has 1 heterocycles. The summed E-state index contributed by atoms with van der Waals surface area (Å²) in [6, 6.07) is -0.0254. The molecule has 4 nitrogen and oxygen atoms in total. The fourth-order valence-electron chi connectivity index (χ4n) is 1.38. The molecule has 0 aliphatic carbocycles. The molecule has 0 aromatic rings. The quantitative estimate of drug-likeness (QED) is 0.659. The molecule has 1 amide bonds. The van der Waals surface area contributed by atoms with Gasteiger partial charge in [-0.2, -0.15) is 0 Å². The maximum Gasteiger partial charge on any atom is 0.224 e. The number of nitrogens with two attached hydrogens (primary N) is 1. The molecule has 0 aromatic carbocycles. The molecule has 5 heteroatoms. The van der Waals surface area contributed by atoms with Gasteiger partial charge in [0.1, 0.15) is 0 Å². The number of nitrogens with zero attached hydrogens (tertiary/aromatic N) is 1. The van der Waals surface area contributed by atoms with Crippen LogP contribution in [0.25, 0.3) is 0 Å². The Bertz CT molecular complexity index is 220. The average Bonchev–Trinajstić information content (AvgIpc) is 2.41. The van der Waals surface area contributed by atoms with Crippen LogP contribution in [0.2, 0.25) is 0 Å². The Morgan fingerprint density at radius 3 is 2.85 bits per heavy atom. The van der Waals surface area contributed by atoms with Gasteiger partial charge in [0.25, 0.3) is 0 Å². The van der Waals surface area contributed by atoms with Crippen molar-refractivity contribution >= 4 is 16.7 Å². The van der Waals surface area contributed by atoms with Gasteiger partial charge in [-0.25, -0.2) is 0 Å². The van der Waals surface area contributed by atoms with E-state index in [-0.39, 0.29) is 11.9 Å². The lowest BCUT2D eigenvalue weighted by atomic mass is 10.3. The second kappa shape index (κ2) is 4.72. The van der Waals surface area contributed by atoms with Crippen LogP contribution < -0.4 is 5.73 Å². The number of likely N-dealkylation sites (tertiary alicyclic amines) is 1. The highest BCUT2D eigenvalue weighted by Crippen LogP contribution is 2.08. The van der Waals surface area contributed by atoms with Gasteiger partial charge in [0.05, 0.1) is 0 Å². The molecule has 0 spiro atoms. The van der Waals surface area contributed by atoms with Crippen LogP contribution in [0.1, 0.15) is 13.3 Å². The Balaban J connectivity index is 2.29. The largest absolute Gasteiger partial charge is 0.340 e. The van der Waals surface area contributed by atoms with E-state index in [4.69, 9.17) is 5.73 Å². The molecular weight excluding hydrogens is 188 g/mol. The molecule has 13 heavy (non-hydrogen) atoms. The van der Waals surface area contributed by atoms with Gasteiger partial charge in [-0.1, -0.05) is 6.92 Å². The van der Waals surface area contributed by atoms with Gasteiger partial charge in [0.15, 0.2) is 0 Å². The van der Waals surface area contributed by atoms with Crippen molar-refractivity contribution in [2.45, 2.75) is 19.4 Å². The van der Waals surface area contributed by atoms with Gasteiger partial charge in [0.2, 0.25) is 5.91 Å². The Hall–Kier alpha value is -0.420. The van der Waals surface area contributed by atoms with Crippen molar-refractivity contribution in [2.24, 2.45) is 5.73 Å². The summed E-state index contributed by atoms with van der Waals surface area (Å²) in [4.78, 5) is 12.9. The summed E-state index contributed by atoms with van der Waals surface area (Å²) in [5.74, 6) is 1.34. The van der Waals surface area contributed by atoms with Gasteiger partial charge in [-0.3, -0.25) is 9.00 Å². The summed E-state index contributed by atoms with van der Waals surface area (Å²) in [6.45, 7) is 3.10. The molecule has 0 radical (unpaired) electrons. The summed E-state index contributed by atoms with van der Waals surface area (Å²) < 4.78 is 11.1. The first kappa shape index (κ1) is 10.7. The average molecular weight is 204 g/mol. The summed E-state index contributed by atoms with van der Waals surface area (Å²) >= 11 is 0. The minimum absolute atomic E-state index is 0.0254. The van der Waals surface area contributed by atoms with E-state index in [0.717, 1.165) is 0 Å². The summed E-state index contributed by atoms with van der Waals surface area (Å²) in [7, 11) is -0.784. The molecule has 1 aliphatic heterocycles. The number of carbonyl (C=O) groups excluding carboxylic acids is 1. The van der Waals surface area contributed by atoms with E-state index >= 15 is 0 Å². The Labute approximate surface area is 80.9 Å². The third kappa shape index (κ3) is 3.08. The molecule has 0 bridgehead atoms. The highest BCUT2D eigenvalue weighted by molar-refractivity contribution is 7.84. The van der Waals surface area contributed by atoms with Crippen molar-refractivity contribution < 1.29 is 9.00 Å². The Morgan fingerprint density at radius 1 is 1.69 bits per heavy atom. The van der Waals surface area contributed by atoms with Crippen molar-refractivity contribution in [3.05, 3.63) is 0 Å². The third-order valence-electron chi connectivity index (χ3n) is 2.16. The van der Waals surface area contributed by atoms with E-state index in [2.05, 4.69) is 0 Å². The first-order valence-electron chi connectivity index (χ1n) is 4.51. The first-order chi connectivity index (χ1) is 6.13. The van der Waals surface area contributed by atoms with Gasteiger partial charge >= 0.3 is 0 Å². The molecule has 0 saturated carbocycles. The van der Waals surface area contributed by atoms with Crippen molar-refractivity contribution in [3.8, 4) is 0 Å². The number of hydrogen-bond acceptors (Lipinski definition) is 3. The van der Waals surface area contributed by atoms with E-state index in [0.29, 0.717) is 31.0 Å². The smallest absolute Gasteiger partial charge is 0.224 e. The van der Waals surface area contributed by atoms with Crippen LogP contribution in [0.15, 0.2) is 0 Å². The standard InChI is InChI=1S/C8H16N2O2S/c1-2-13(12)4-3-10-6-7(9)5-8(10)11/h7H,2-6,9H2,1H3. The number of amides is 1. The Kier molecular flexibility index (Phi) is 3.87. The van der Waals surface area contributed by atoms with Crippen molar-refractivity contribution in [3.63, 3.8) is 0 Å². The van der Waals surface area contributed by atoms with E-state index in [9.17, 15) is 9.00 Å². The summed E-state index contributed by atoms with van der Waals surface area (Å²) in [5, 5.41) is 0. The van der Waals surface area contributed by atoms with Crippen LogP contribution in [0.3, 0.4) is 0 Å². The normalized spacial score (nSPS) is 25.2. The van der Waals surface area contributed by atoms with Crippen LogP contribution >= 0.6 is 0 Å². The maximum absolute atomic E-state index is 11.2. The van der Waals surface area contributed by atoms with E-state index < -0.39 is 10.8 Å². The zero-order chi connectivity index (χ0) is 9.84. The molecule has 1 aliphatic rings. The van der Waals surface area contributed by atoms with Crippen molar-refractivity contribution in [1.82, 2.24) is 4.90 Å². The van der Waals surface area contributed by atoms with Gasteiger partial charge in [-0.15, -0.1) is 0 Å². The second-order valence-corrected chi connectivity index (χ2v) is 5.10. The maximum atomic E-state index is 11.2. The molecule has 1 saturated heterocycles. The zero-order valence-electron chi connectivity index (χ0n) is 7.86. The predicted molar refractivity (Wildman–Crippen MR) is 52.7 cm³/mol. The number of hydrogen-bond donors (Lipinski definition) is 1. The van der Waals surface area contributed by atoms with E-state index in [1.165, 1.54) is 0 Å². The van der Waals surface area contributed by atoms with Crippen LogP contribution in [0, 0.1) is 0 Å². The van der Waals surface area contributed by atoms with Crippen molar-refractivity contribution in [1.29, 1.82) is 0 Å². The monoisotopic (exact) mass is 204 g/mol.